The number of hydrogen-bond donors (Lipinski definition) is 1. The van der Waals surface area contributed by atoms with Crippen LogP contribution >= 0.6 is 0 Å². The summed E-state index contributed by atoms with van der Waals surface area (Å²) in [5.74, 6) is 0. The number of pyridine rings is 1. The first-order chi connectivity index (χ1) is 11.6. The molecule has 0 saturated heterocycles. The molecule has 0 fully saturated rings. The van der Waals surface area contributed by atoms with Gasteiger partial charge in [-0.15, -0.1) is 0 Å². The lowest BCUT2D eigenvalue weighted by Gasteiger charge is -2.09. The van der Waals surface area contributed by atoms with E-state index in [-0.39, 0.29) is 4.90 Å². The van der Waals surface area contributed by atoms with Gasteiger partial charge in [0.2, 0.25) is 0 Å². The first kappa shape index (κ1) is 16.4. The average Bonchev–Trinajstić information content (AvgIpc) is 2.60. The van der Waals surface area contributed by atoms with Gasteiger partial charge in [-0.1, -0.05) is 18.2 Å². The second-order valence-corrected chi connectivity index (χ2v) is 6.98. The highest BCUT2D eigenvalue weighted by Crippen LogP contribution is 2.20. The Morgan fingerprint density at radius 2 is 1.88 bits per heavy atom. The van der Waals surface area contributed by atoms with Crippen molar-refractivity contribution in [2.24, 2.45) is 0 Å². The molecule has 6 heteroatoms. The lowest BCUT2D eigenvalue weighted by atomic mass is 10.2. The summed E-state index contributed by atoms with van der Waals surface area (Å²) in [6.07, 6.45) is 1.68. The molecule has 1 N–H and O–H groups in total. The van der Waals surface area contributed by atoms with Gasteiger partial charge in [0.25, 0.3) is 10.0 Å². The van der Waals surface area contributed by atoms with E-state index in [1.54, 1.807) is 42.6 Å². The predicted octanol–water partition coefficient (Wildman–Crippen LogP) is 3.57. The van der Waals surface area contributed by atoms with E-state index in [9.17, 15) is 8.42 Å². The highest BCUT2D eigenvalue weighted by Gasteiger charge is 2.14. The minimum Gasteiger partial charge on any atom is -0.377 e. The third-order valence-corrected chi connectivity index (χ3v) is 4.94. The van der Waals surface area contributed by atoms with Crippen LogP contribution in [0.1, 0.15) is 12.5 Å². The van der Waals surface area contributed by atoms with Gasteiger partial charge >= 0.3 is 0 Å². The van der Waals surface area contributed by atoms with Crippen LogP contribution in [0.25, 0.3) is 10.9 Å². The van der Waals surface area contributed by atoms with Gasteiger partial charge in [-0.05, 0) is 48.9 Å². The van der Waals surface area contributed by atoms with Crippen molar-refractivity contribution >= 4 is 26.6 Å². The molecule has 0 aliphatic rings. The molecular formula is C18H18N2O3S. The Kier molecular flexibility index (Phi) is 4.78. The molecule has 0 aliphatic heterocycles. The summed E-state index contributed by atoms with van der Waals surface area (Å²) in [7, 11) is -3.64. The zero-order valence-electron chi connectivity index (χ0n) is 13.3. The fourth-order valence-electron chi connectivity index (χ4n) is 2.32. The molecule has 3 rings (SSSR count). The Morgan fingerprint density at radius 1 is 1.08 bits per heavy atom. The second kappa shape index (κ2) is 6.98. The molecule has 0 bridgehead atoms. The van der Waals surface area contributed by atoms with Gasteiger partial charge in [-0.2, -0.15) is 0 Å². The van der Waals surface area contributed by atoms with Gasteiger partial charge in [0.15, 0.2) is 0 Å². The average molecular weight is 342 g/mol. The van der Waals surface area contributed by atoms with Crippen molar-refractivity contribution in [1.82, 2.24) is 4.98 Å². The summed E-state index contributed by atoms with van der Waals surface area (Å²) in [5.41, 5.74) is 2.27. The maximum Gasteiger partial charge on any atom is 0.261 e. The molecule has 3 aromatic rings. The topological polar surface area (TPSA) is 68.3 Å². The van der Waals surface area contributed by atoms with Crippen LogP contribution in [0.4, 0.5) is 5.69 Å². The molecule has 0 saturated carbocycles. The summed E-state index contributed by atoms with van der Waals surface area (Å²) in [4.78, 5) is 4.41. The van der Waals surface area contributed by atoms with E-state index in [0.717, 1.165) is 16.5 Å². The Morgan fingerprint density at radius 3 is 2.62 bits per heavy atom. The predicted molar refractivity (Wildman–Crippen MR) is 94.3 cm³/mol. The van der Waals surface area contributed by atoms with Gasteiger partial charge in [-0.25, -0.2) is 8.42 Å². The molecule has 0 spiro atoms. The van der Waals surface area contributed by atoms with Crippen LogP contribution in [0, 0.1) is 0 Å². The Labute approximate surface area is 141 Å². The molecular weight excluding hydrogens is 324 g/mol. The highest BCUT2D eigenvalue weighted by atomic mass is 32.2. The fraction of sp³-hybridized carbons (Fsp3) is 0.167. The number of sulfonamides is 1. The SMILES string of the molecule is CCOCc1ccc(NS(=O)(=O)c2ccc3ncccc3c2)cc1. The van der Waals surface area contributed by atoms with Crippen LogP contribution < -0.4 is 4.72 Å². The second-order valence-electron chi connectivity index (χ2n) is 5.30. The number of nitrogens with zero attached hydrogens (tertiary/aromatic N) is 1. The van der Waals surface area contributed by atoms with Crippen molar-refractivity contribution in [3.05, 3.63) is 66.4 Å². The first-order valence-corrected chi connectivity index (χ1v) is 9.11. The van der Waals surface area contributed by atoms with Gasteiger partial charge in [0.05, 0.1) is 17.0 Å². The van der Waals surface area contributed by atoms with Gasteiger partial charge in [0, 0.05) is 23.9 Å². The normalized spacial score (nSPS) is 11.5. The summed E-state index contributed by atoms with van der Waals surface area (Å²) < 4.78 is 33.0. The molecule has 5 nitrogen and oxygen atoms in total. The van der Waals surface area contributed by atoms with Crippen LogP contribution in [-0.2, 0) is 21.4 Å². The molecule has 0 aliphatic carbocycles. The van der Waals surface area contributed by atoms with Gasteiger partial charge in [-0.3, -0.25) is 9.71 Å². The summed E-state index contributed by atoms with van der Waals surface area (Å²) in [6.45, 7) is 3.09. The molecule has 0 radical (unpaired) electrons. The number of aromatic nitrogens is 1. The minimum atomic E-state index is -3.64. The van der Waals surface area contributed by atoms with Crippen molar-refractivity contribution in [3.63, 3.8) is 0 Å². The van der Waals surface area contributed by atoms with Crippen molar-refractivity contribution < 1.29 is 13.2 Å². The number of fused-ring (bicyclic) bond motifs is 1. The van der Waals surface area contributed by atoms with Crippen molar-refractivity contribution in [3.8, 4) is 0 Å². The van der Waals surface area contributed by atoms with Crippen LogP contribution in [0.2, 0.25) is 0 Å². The molecule has 0 atom stereocenters. The zero-order chi connectivity index (χ0) is 17.0. The maximum atomic E-state index is 12.5. The van der Waals surface area contributed by atoms with Crippen LogP contribution in [-0.4, -0.2) is 20.0 Å². The number of anilines is 1. The molecule has 124 valence electrons. The number of rotatable bonds is 6. The van der Waals surface area contributed by atoms with E-state index in [4.69, 9.17) is 4.74 Å². The van der Waals surface area contributed by atoms with Gasteiger partial charge in [0.1, 0.15) is 0 Å². The fourth-order valence-corrected chi connectivity index (χ4v) is 3.42. The minimum absolute atomic E-state index is 0.210. The molecule has 0 unspecified atom stereocenters. The van der Waals surface area contributed by atoms with Crippen LogP contribution in [0.15, 0.2) is 65.7 Å². The number of hydrogen-bond acceptors (Lipinski definition) is 4. The smallest absolute Gasteiger partial charge is 0.261 e. The summed E-state index contributed by atoms with van der Waals surface area (Å²) in [6, 6.07) is 15.6. The van der Waals surface area contributed by atoms with E-state index in [2.05, 4.69) is 9.71 Å². The Hall–Kier alpha value is -2.44. The van der Waals surface area contributed by atoms with Crippen LogP contribution in [0.3, 0.4) is 0 Å². The van der Waals surface area contributed by atoms with Crippen LogP contribution in [0.5, 0.6) is 0 Å². The molecule has 1 aromatic heterocycles. The molecule has 0 amide bonds. The van der Waals surface area contributed by atoms with E-state index in [0.29, 0.717) is 18.9 Å². The third-order valence-electron chi connectivity index (χ3n) is 3.56. The largest absolute Gasteiger partial charge is 0.377 e. The summed E-state index contributed by atoms with van der Waals surface area (Å²) >= 11 is 0. The highest BCUT2D eigenvalue weighted by molar-refractivity contribution is 7.92. The standard InChI is InChI=1S/C18H18N2O3S/c1-2-23-13-14-5-7-16(8-6-14)20-24(21,22)17-9-10-18-15(12-17)4-3-11-19-18/h3-12,20H,2,13H2,1H3. The van der Waals surface area contributed by atoms with Gasteiger partial charge < -0.3 is 4.74 Å². The summed E-state index contributed by atoms with van der Waals surface area (Å²) in [5, 5.41) is 0.785. The Bertz CT molecular complexity index is 938. The zero-order valence-corrected chi connectivity index (χ0v) is 14.1. The Balaban J connectivity index is 1.81. The van der Waals surface area contributed by atoms with E-state index in [1.807, 2.05) is 25.1 Å². The van der Waals surface area contributed by atoms with E-state index < -0.39 is 10.0 Å². The number of nitrogens with one attached hydrogen (secondary N) is 1. The molecule has 1 heterocycles. The van der Waals surface area contributed by atoms with E-state index in [1.165, 1.54) is 0 Å². The van der Waals surface area contributed by atoms with Crippen molar-refractivity contribution in [2.75, 3.05) is 11.3 Å². The number of ether oxygens (including phenoxy) is 1. The lowest BCUT2D eigenvalue weighted by Crippen LogP contribution is -2.13. The maximum absolute atomic E-state index is 12.5. The van der Waals surface area contributed by atoms with E-state index >= 15 is 0 Å². The first-order valence-electron chi connectivity index (χ1n) is 7.63. The molecule has 2 aromatic carbocycles. The quantitative estimate of drug-likeness (QED) is 0.743. The van der Waals surface area contributed by atoms with Crippen molar-refractivity contribution in [2.45, 2.75) is 18.4 Å². The third kappa shape index (κ3) is 3.72. The van der Waals surface area contributed by atoms with Crippen molar-refractivity contribution in [1.29, 1.82) is 0 Å². The molecule has 24 heavy (non-hydrogen) atoms. The number of benzene rings is 2. The monoisotopic (exact) mass is 342 g/mol. The lowest BCUT2D eigenvalue weighted by molar-refractivity contribution is 0.134.